The number of hydrogen-bond acceptors (Lipinski definition) is 5. The van der Waals surface area contributed by atoms with Crippen molar-refractivity contribution in [3.05, 3.63) is 22.2 Å². The fraction of sp³-hybridized carbons (Fsp3) is 0.250. The van der Waals surface area contributed by atoms with Crippen molar-refractivity contribution in [1.29, 1.82) is 0 Å². The molecule has 2 rings (SSSR count). The molecule has 0 aliphatic carbocycles. The lowest BCUT2D eigenvalue weighted by atomic mass is 10.0. The monoisotopic (exact) mass is 312 g/mol. The molecule has 0 spiro atoms. The molecule has 96 valence electrons. The molecular weight excluding hydrogens is 300 g/mol. The van der Waals surface area contributed by atoms with E-state index in [4.69, 9.17) is 19.7 Å². The summed E-state index contributed by atoms with van der Waals surface area (Å²) in [5.41, 5.74) is 7.31. The van der Waals surface area contributed by atoms with Crippen molar-refractivity contribution in [2.75, 3.05) is 20.0 Å². The van der Waals surface area contributed by atoms with E-state index in [1.54, 1.807) is 20.3 Å². The number of methoxy groups -OCH3 is 2. The van der Waals surface area contributed by atoms with Gasteiger partial charge in [-0.25, -0.2) is 0 Å². The average Bonchev–Trinajstić information content (AvgIpc) is 2.78. The van der Waals surface area contributed by atoms with Crippen LogP contribution in [0.3, 0.4) is 0 Å². The van der Waals surface area contributed by atoms with Crippen molar-refractivity contribution in [2.45, 2.75) is 6.92 Å². The molecule has 0 unspecified atom stereocenters. The van der Waals surface area contributed by atoms with Crippen LogP contribution in [0.1, 0.15) is 5.56 Å². The smallest absolute Gasteiger partial charge is 0.173 e. The first-order valence-corrected chi connectivity index (χ1v) is 6.01. The zero-order chi connectivity index (χ0) is 13.3. The molecule has 1 aromatic heterocycles. The second kappa shape index (κ2) is 4.89. The van der Waals surface area contributed by atoms with Crippen molar-refractivity contribution in [1.82, 2.24) is 5.16 Å². The van der Waals surface area contributed by atoms with Crippen molar-refractivity contribution in [3.63, 3.8) is 0 Å². The molecule has 0 saturated heterocycles. The minimum atomic E-state index is 0.324. The maximum Gasteiger partial charge on any atom is 0.173 e. The SMILES string of the molecule is COc1cc(Br)c(C)c(-c2cc(N)no2)c1OC. The summed E-state index contributed by atoms with van der Waals surface area (Å²) in [6.07, 6.45) is 0. The third-order valence-corrected chi connectivity index (χ3v) is 3.46. The number of benzene rings is 1. The van der Waals surface area contributed by atoms with E-state index >= 15 is 0 Å². The van der Waals surface area contributed by atoms with Crippen LogP contribution in [0.15, 0.2) is 21.1 Å². The zero-order valence-corrected chi connectivity index (χ0v) is 11.9. The molecule has 0 aliphatic rings. The maximum atomic E-state index is 5.58. The van der Waals surface area contributed by atoms with Crippen LogP contribution in [0.5, 0.6) is 11.5 Å². The molecule has 18 heavy (non-hydrogen) atoms. The Morgan fingerprint density at radius 3 is 2.50 bits per heavy atom. The van der Waals surface area contributed by atoms with Gasteiger partial charge in [0, 0.05) is 10.5 Å². The number of ether oxygens (including phenoxy) is 2. The van der Waals surface area contributed by atoms with Crippen molar-refractivity contribution in [2.24, 2.45) is 0 Å². The van der Waals surface area contributed by atoms with E-state index in [0.717, 1.165) is 15.6 Å². The molecule has 0 radical (unpaired) electrons. The molecular formula is C12H13BrN2O3. The first-order valence-electron chi connectivity index (χ1n) is 5.22. The molecule has 1 heterocycles. The zero-order valence-electron chi connectivity index (χ0n) is 10.3. The first kappa shape index (κ1) is 12.8. The minimum absolute atomic E-state index is 0.324. The third kappa shape index (κ3) is 2.03. The molecule has 5 nitrogen and oxygen atoms in total. The Labute approximate surface area is 113 Å². The van der Waals surface area contributed by atoms with Crippen LogP contribution in [0.2, 0.25) is 0 Å². The lowest BCUT2D eigenvalue weighted by Crippen LogP contribution is -1.96. The lowest BCUT2D eigenvalue weighted by Gasteiger charge is -2.14. The Hall–Kier alpha value is -1.69. The van der Waals surface area contributed by atoms with Crippen LogP contribution >= 0.6 is 15.9 Å². The lowest BCUT2D eigenvalue weighted by molar-refractivity contribution is 0.353. The fourth-order valence-corrected chi connectivity index (χ4v) is 2.17. The van der Waals surface area contributed by atoms with E-state index in [9.17, 15) is 0 Å². The van der Waals surface area contributed by atoms with E-state index in [1.165, 1.54) is 0 Å². The van der Waals surface area contributed by atoms with Gasteiger partial charge in [0.05, 0.1) is 19.8 Å². The summed E-state index contributed by atoms with van der Waals surface area (Å²) in [5, 5.41) is 3.69. The number of rotatable bonds is 3. The molecule has 1 aromatic carbocycles. The molecule has 2 aromatic rings. The molecule has 0 saturated carbocycles. The highest BCUT2D eigenvalue weighted by atomic mass is 79.9. The van der Waals surface area contributed by atoms with Gasteiger partial charge in [-0.2, -0.15) is 0 Å². The van der Waals surface area contributed by atoms with Gasteiger partial charge in [0.15, 0.2) is 23.1 Å². The number of nitrogens with zero attached hydrogens (tertiary/aromatic N) is 1. The van der Waals surface area contributed by atoms with Crippen molar-refractivity contribution >= 4 is 21.7 Å². The first-order chi connectivity index (χ1) is 8.58. The van der Waals surface area contributed by atoms with Gasteiger partial charge >= 0.3 is 0 Å². The standard InChI is InChI=1S/C12H13BrN2O3/c1-6-7(13)4-9(16-2)12(17-3)11(6)8-5-10(14)15-18-8/h4-5H,1-3H3,(H2,14,15). The number of anilines is 1. The van der Waals surface area contributed by atoms with E-state index in [0.29, 0.717) is 23.1 Å². The number of nitrogen functional groups attached to an aromatic ring is 1. The van der Waals surface area contributed by atoms with Gasteiger partial charge in [-0.05, 0) is 18.6 Å². The van der Waals surface area contributed by atoms with E-state index in [-0.39, 0.29) is 0 Å². The molecule has 2 N–H and O–H groups in total. The van der Waals surface area contributed by atoms with Gasteiger partial charge in [-0.15, -0.1) is 0 Å². The summed E-state index contributed by atoms with van der Waals surface area (Å²) in [4.78, 5) is 0. The van der Waals surface area contributed by atoms with Crippen molar-refractivity contribution in [3.8, 4) is 22.8 Å². The highest BCUT2D eigenvalue weighted by Gasteiger charge is 2.20. The van der Waals surface area contributed by atoms with Crippen LogP contribution in [0.25, 0.3) is 11.3 Å². The van der Waals surface area contributed by atoms with Crippen LogP contribution in [0.4, 0.5) is 5.82 Å². The Balaban J connectivity index is 2.74. The average molecular weight is 313 g/mol. The van der Waals surface area contributed by atoms with E-state index < -0.39 is 0 Å². The summed E-state index contributed by atoms with van der Waals surface area (Å²) in [6.45, 7) is 1.94. The van der Waals surface area contributed by atoms with E-state index in [1.807, 2.05) is 13.0 Å². The topological polar surface area (TPSA) is 70.5 Å². The second-order valence-electron chi connectivity index (χ2n) is 3.71. The van der Waals surface area contributed by atoms with Gasteiger partial charge in [-0.1, -0.05) is 21.1 Å². The van der Waals surface area contributed by atoms with Crippen LogP contribution in [-0.4, -0.2) is 19.4 Å². The second-order valence-corrected chi connectivity index (χ2v) is 4.56. The quantitative estimate of drug-likeness (QED) is 0.943. The number of hydrogen-bond donors (Lipinski definition) is 1. The van der Waals surface area contributed by atoms with Gasteiger partial charge in [0.25, 0.3) is 0 Å². The summed E-state index contributed by atoms with van der Waals surface area (Å²) in [5.74, 6) is 2.07. The van der Waals surface area contributed by atoms with Crippen molar-refractivity contribution < 1.29 is 14.0 Å². The third-order valence-electron chi connectivity index (χ3n) is 2.64. The summed E-state index contributed by atoms with van der Waals surface area (Å²) < 4.78 is 16.8. The van der Waals surface area contributed by atoms with Crippen LogP contribution in [-0.2, 0) is 0 Å². The Morgan fingerprint density at radius 2 is 2.00 bits per heavy atom. The predicted octanol–water partition coefficient (Wildman–Crippen LogP) is 3.01. The fourth-order valence-electron chi connectivity index (χ4n) is 1.76. The largest absolute Gasteiger partial charge is 0.493 e. The Bertz CT molecular complexity index is 581. The Morgan fingerprint density at radius 1 is 1.28 bits per heavy atom. The normalized spacial score (nSPS) is 10.4. The van der Waals surface area contributed by atoms with Gasteiger partial charge in [-0.3, -0.25) is 0 Å². The highest BCUT2D eigenvalue weighted by Crippen LogP contribution is 2.44. The predicted molar refractivity (Wildman–Crippen MR) is 71.9 cm³/mol. The highest BCUT2D eigenvalue weighted by molar-refractivity contribution is 9.10. The number of nitrogens with two attached hydrogens (primary N) is 1. The van der Waals surface area contributed by atoms with Crippen LogP contribution < -0.4 is 15.2 Å². The molecule has 6 heteroatoms. The van der Waals surface area contributed by atoms with Gasteiger partial charge < -0.3 is 19.7 Å². The molecule has 0 bridgehead atoms. The number of aromatic nitrogens is 1. The summed E-state index contributed by atoms with van der Waals surface area (Å²) in [6, 6.07) is 3.49. The minimum Gasteiger partial charge on any atom is -0.493 e. The number of halogens is 1. The maximum absolute atomic E-state index is 5.58. The molecule has 0 fully saturated rings. The van der Waals surface area contributed by atoms with E-state index in [2.05, 4.69) is 21.1 Å². The summed E-state index contributed by atoms with van der Waals surface area (Å²) in [7, 11) is 3.16. The molecule has 0 aliphatic heterocycles. The molecule has 0 atom stereocenters. The van der Waals surface area contributed by atoms with Gasteiger partial charge in [0.1, 0.15) is 0 Å². The van der Waals surface area contributed by atoms with Gasteiger partial charge in [0.2, 0.25) is 0 Å². The Kier molecular flexibility index (Phi) is 3.47. The molecule has 0 amide bonds. The summed E-state index contributed by atoms with van der Waals surface area (Å²) >= 11 is 3.48. The van der Waals surface area contributed by atoms with Crippen LogP contribution in [0, 0.1) is 6.92 Å².